The van der Waals surface area contributed by atoms with Crippen molar-refractivity contribution in [2.24, 2.45) is 0 Å². The number of aromatic amines is 1. The van der Waals surface area contributed by atoms with Gasteiger partial charge in [0.25, 0.3) is 5.91 Å². The lowest BCUT2D eigenvalue weighted by Gasteiger charge is -2.36. The summed E-state index contributed by atoms with van der Waals surface area (Å²) in [5.74, 6) is 0.915. The molecule has 1 aliphatic carbocycles. The second-order valence-electron chi connectivity index (χ2n) is 9.12. The number of urea groups is 1. The first kappa shape index (κ1) is 20.0. The highest BCUT2D eigenvalue weighted by Crippen LogP contribution is 2.39. The highest BCUT2D eigenvalue weighted by atomic mass is 16.2. The van der Waals surface area contributed by atoms with E-state index < -0.39 is 5.54 Å². The fourth-order valence-corrected chi connectivity index (χ4v) is 5.47. The number of fused-ring (bicyclic) bond motifs is 1. The lowest BCUT2D eigenvalue weighted by molar-refractivity contribution is -0.141. The van der Waals surface area contributed by atoms with Gasteiger partial charge < -0.3 is 14.8 Å². The van der Waals surface area contributed by atoms with Gasteiger partial charge in [-0.1, -0.05) is 31.4 Å². The number of H-pyrrole nitrogens is 1. The molecule has 3 aliphatic rings. The number of carbonyl (C=O) groups excluding carboxylic acids is 3. The van der Waals surface area contributed by atoms with Crippen LogP contribution in [0.3, 0.4) is 0 Å². The number of piperidine rings is 1. The van der Waals surface area contributed by atoms with Gasteiger partial charge in [0.15, 0.2) is 0 Å². The van der Waals surface area contributed by atoms with E-state index in [1.807, 2.05) is 24.3 Å². The highest BCUT2D eigenvalue weighted by molar-refractivity contribution is 6.09. The van der Waals surface area contributed by atoms with Gasteiger partial charge >= 0.3 is 6.03 Å². The second kappa shape index (κ2) is 7.66. The van der Waals surface area contributed by atoms with Crippen molar-refractivity contribution in [1.29, 1.82) is 0 Å². The van der Waals surface area contributed by atoms with Gasteiger partial charge in [0.1, 0.15) is 17.9 Å². The summed E-state index contributed by atoms with van der Waals surface area (Å²) < 4.78 is 0. The van der Waals surface area contributed by atoms with E-state index in [-0.39, 0.29) is 30.3 Å². The first-order chi connectivity index (χ1) is 15.0. The Morgan fingerprint density at radius 1 is 1.13 bits per heavy atom. The van der Waals surface area contributed by atoms with Crippen molar-refractivity contribution in [2.45, 2.75) is 56.4 Å². The molecule has 164 valence electrons. The maximum Gasteiger partial charge on any atom is 0.327 e. The molecule has 4 amide bonds. The van der Waals surface area contributed by atoms with E-state index in [0.29, 0.717) is 25.9 Å². The van der Waals surface area contributed by atoms with E-state index >= 15 is 0 Å². The summed E-state index contributed by atoms with van der Waals surface area (Å²) in [7, 11) is 1.70. The number of aromatic nitrogens is 2. The Labute approximate surface area is 181 Å². The number of para-hydroxylation sites is 2. The van der Waals surface area contributed by atoms with Crippen LogP contribution in [0.4, 0.5) is 4.79 Å². The zero-order valence-corrected chi connectivity index (χ0v) is 18.0. The quantitative estimate of drug-likeness (QED) is 0.769. The fraction of sp³-hybridized carbons (Fsp3) is 0.565. The van der Waals surface area contributed by atoms with Crippen LogP contribution in [-0.4, -0.2) is 74.7 Å². The summed E-state index contributed by atoms with van der Waals surface area (Å²) in [4.78, 5) is 51.5. The lowest BCUT2D eigenvalue weighted by atomic mass is 9.81. The fourth-order valence-electron chi connectivity index (χ4n) is 5.47. The monoisotopic (exact) mass is 423 g/mol. The van der Waals surface area contributed by atoms with Gasteiger partial charge in [-0.3, -0.25) is 14.5 Å². The van der Waals surface area contributed by atoms with Gasteiger partial charge in [-0.25, -0.2) is 9.78 Å². The number of imidazole rings is 1. The first-order valence-electron chi connectivity index (χ1n) is 11.3. The molecular formula is C23H29N5O3. The molecule has 1 saturated carbocycles. The molecule has 1 N–H and O–H groups in total. The molecule has 3 heterocycles. The predicted octanol–water partition coefficient (Wildman–Crippen LogP) is 2.87. The van der Waals surface area contributed by atoms with Gasteiger partial charge in [-0.05, 0) is 37.8 Å². The molecule has 1 aromatic carbocycles. The van der Waals surface area contributed by atoms with Crippen LogP contribution in [0.2, 0.25) is 0 Å². The van der Waals surface area contributed by atoms with Crippen LogP contribution >= 0.6 is 0 Å². The Morgan fingerprint density at radius 3 is 2.55 bits per heavy atom. The molecule has 2 aromatic rings. The third-order valence-electron chi connectivity index (χ3n) is 7.42. The van der Waals surface area contributed by atoms with Gasteiger partial charge in [-0.2, -0.15) is 0 Å². The smallest absolute Gasteiger partial charge is 0.327 e. The van der Waals surface area contributed by atoms with Crippen molar-refractivity contribution >= 4 is 28.9 Å². The number of rotatable bonds is 3. The van der Waals surface area contributed by atoms with Gasteiger partial charge in [-0.15, -0.1) is 0 Å². The van der Waals surface area contributed by atoms with Crippen LogP contribution in [0.5, 0.6) is 0 Å². The zero-order chi connectivity index (χ0) is 21.6. The van der Waals surface area contributed by atoms with E-state index in [1.54, 1.807) is 16.8 Å². The van der Waals surface area contributed by atoms with Crippen molar-refractivity contribution < 1.29 is 14.4 Å². The number of nitrogens with one attached hydrogen (secondary N) is 1. The van der Waals surface area contributed by atoms with Crippen molar-refractivity contribution in [3.63, 3.8) is 0 Å². The van der Waals surface area contributed by atoms with E-state index in [1.165, 1.54) is 4.90 Å². The summed E-state index contributed by atoms with van der Waals surface area (Å²) >= 11 is 0. The minimum absolute atomic E-state index is 0.147. The van der Waals surface area contributed by atoms with Crippen LogP contribution in [0.15, 0.2) is 24.3 Å². The number of amides is 4. The Balaban J connectivity index is 1.22. The van der Waals surface area contributed by atoms with E-state index in [0.717, 1.165) is 49.0 Å². The number of imide groups is 1. The zero-order valence-electron chi connectivity index (χ0n) is 18.0. The third kappa shape index (κ3) is 3.28. The summed E-state index contributed by atoms with van der Waals surface area (Å²) in [5.41, 5.74) is 1.26. The van der Waals surface area contributed by atoms with Crippen LogP contribution < -0.4 is 0 Å². The number of likely N-dealkylation sites (N-methyl/N-ethyl adjacent to an activating group) is 1. The van der Waals surface area contributed by atoms with E-state index in [2.05, 4.69) is 4.98 Å². The number of hydrogen-bond donors (Lipinski definition) is 1. The number of nitrogens with zero attached hydrogens (tertiary/aromatic N) is 4. The SMILES string of the molecule is CN1C(=O)N(CC(=O)N2CCC(c3nc4ccccc4[nH]3)CC2)C(=O)C12CCCCC2. The minimum atomic E-state index is -0.732. The molecule has 8 nitrogen and oxygen atoms in total. The van der Waals surface area contributed by atoms with Crippen molar-refractivity contribution in [3.8, 4) is 0 Å². The average Bonchev–Trinajstić information content (AvgIpc) is 3.31. The van der Waals surface area contributed by atoms with Crippen LogP contribution in [0.25, 0.3) is 11.0 Å². The largest absolute Gasteiger partial charge is 0.342 e. The molecule has 2 aliphatic heterocycles. The lowest BCUT2D eigenvalue weighted by Crippen LogP contribution is -2.50. The van der Waals surface area contributed by atoms with E-state index in [4.69, 9.17) is 4.98 Å². The van der Waals surface area contributed by atoms with Crippen molar-refractivity contribution in [3.05, 3.63) is 30.1 Å². The highest BCUT2D eigenvalue weighted by Gasteiger charge is 2.56. The normalized spacial score (nSPS) is 22.2. The Kier molecular flexibility index (Phi) is 4.95. The summed E-state index contributed by atoms with van der Waals surface area (Å²) in [6.07, 6.45) is 6.01. The maximum absolute atomic E-state index is 13.1. The number of carbonyl (C=O) groups is 3. The minimum Gasteiger partial charge on any atom is -0.342 e. The molecule has 2 saturated heterocycles. The Bertz CT molecular complexity index is 984. The number of hydrogen-bond acceptors (Lipinski definition) is 4. The third-order valence-corrected chi connectivity index (χ3v) is 7.42. The second-order valence-corrected chi connectivity index (χ2v) is 9.12. The molecule has 8 heteroatoms. The molecule has 0 unspecified atom stereocenters. The standard InChI is InChI=1S/C23H29N5O3/c1-26-22(31)28(21(30)23(26)11-5-2-6-12-23)15-19(29)27-13-9-16(10-14-27)20-24-17-7-3-4-8-18(17)25-20/h3-4,7-8,16H,2,5-6,9-15H2,1H3,(H,24,25). The van der Waals surface area contributed by atoms with Crippen molar-refractivity contribution in [2.75, 3.05) is 26.7 Å². The predicted molar refractivity (Wildman–Crippen MR) is 115 cm³/mol. The first-order valence-corrected chi connectivity index (χ1v) is 11.3. The summed E-state index contributed by atoms with van der Waals surface area (Å²) in [5, 5.41) is 0. The van der Waals surface area contributed by atoms with Crippen LogP contribution in [-0.2, 0) is 9.59 Å². The molecular weight excluding hydrogens is 394 g/mol. The van der Waals surface area contributed by atoms with Gasteiger partial charge in [0.2, 0.25) is 5.91 Å². The molecule has 1 spiro atoms. The van der Waals surface area contributed by atoms with E-state index in [9.17, 15) is 14.4 Å². The number of benzene rings is 1. The molecule has 0 radical (unpaired) electrons. The molecule has 1 aromatic heterocycles. The molecule has 0 bridgehead atoms. The Hall–Kier alpha value is -2.90. The molecule has 31 heavy (non-hydrogen) atoms. The van der Waals surface area contributed by atoms with Crippen molar-refractivity contribution in [1.82, 2.24) is 24.7 Å². The average molecular weight is 424 g/mol. The summed E-state index contributed by atoms with van der Waals surface area (Å²) in [6.45, 7) is 1.06. The molecule has 5 rings (SSSR count). The molecule has 3 fully saturated rings. The topological polar surface area (TPSA) is 89.6 Å². The van der Waals surface area contributed by atoms with Crippen LogP contribution in [0.1, 0.15) is 56.7 Å². The Morgan fingerprint density at radius 2 is 1.84 bits per heavy atom. The van der Waals surface area contributed by atoms with Gasteiger partial charge in [0, 0.05) is 26.1 Å². The number of likely N-dealkylation sites (tertiary alicyclic amines) is 1. The maximum atomic E-state index is 13.1. The summed E-state index contributed by atoms with van der Waals surface area (Å²) in [6, 6.07) is 7.64. The molecule has 0 atom stereocenters. The van der Waals surface area contributed by atoms with Gasteiger partial charge in [0.05, 0.1) is 11.0 Å². The van der Waals surface area contributed by atoms with Crippen LogP contribution in [0, 0.1) is 0 Å².